The van der Waals surface area contributed by atoms with E-state index in [4.69, 9.17) is 4.74 Å². The summed E-state index contributed by atoms with van der Waals surface area (Å²) in [7, 11) is -1.95. The van der Waals surface area contributed by atoms with Crippen molar-refractivity contribution < 1.29 is 22.7 Å². The molecule has 2 heterocycles. The highest BCUT2D eigenvalue weighted by molar-refractivity contribution is 7.90. The van der Waals surface area contributed by atoms with Gasteiger partial charge in [-0.2, -0.15) is 0 Å². The van der Waals surface area contributed by atoms with Gasteiger partial charge in [0.15, 0.2) is 9.84 Å². The van der Waals surface area contributed by atoms with Crippen LogP contribution in [0.1, 0.15) is 37.7 Å². The number of carbonyl (C=O) groups excluding carboxylic acids is 2. The van der Waals surface area contributed by atoms with Gasteiger partial charge < -0.3 is 15.0 Å². The molecule has 1 aromatic carbocycles. The van der Waals surface area contributed by atoms with E-state index in [1.165, 1.54) is 13.4 Å². The van der Waals surface area contributed by atoms with Crippen LogP contribution >= 0.6 is 0 Å². The number of nitrogens with zero attached hydrogens (tertiary/aromatic N) is 1. The van der Waals surface area contributed by atoms with Gasteiger partial charge in [0.1, 0.15) is 0 Å². The van der Waals surface area contributed by atoms with Crippen LogP contribution in [0.4, 0.5) is 4.79 Å². The molecular formula is C21H26N2O5S. The lowest BCUT2D eigenvalue weighted by atomic mass is 9.88. The van der Waals surface area contributed by atoms with Gasteiger partial charge in [-0.05, 0) is 61.3 Å². The van der Waals surface area contributed by atoms with Crippen molar-refractivity contribution in [3.8, 4) is 0 Å². The van der Waals surface area contributed by atoms with Gasteiger partial charge in [0.25, 0.3) is 0 Å². The van der Waals surface area contributed by atoms with Gasteiger partial charge in [-0.25, -0.2) is 18.0 Å². The van der Waals surface area contributed by atoms with Crippen LogP contribution in [0.3, 0.4) is 0 Å². The van der Waals surface area contributed by atoms with E-state index >= 15 is 0 Å². The molecule has 1 N–H and O–H groups in total. The van der Waals surface area contributed by atoms with Crippen LogP contribution in [0.25, 0.3) is 5.57 Å². The van der Waals surface area contributed by atoms with Crippen LogP contribution in [0.15, 0.2) is 34.7 Å². The highest BCUT2D eigenvalue weighted by Gasteiger charge is 2.46. The zero-order valence-electron chi connectivity index (χ0n) is 16.7. The molecule has 29 heavy (non-hydrogen) atoms. The van der Waals surface area contributed by atoms with Gasteiger partial charge in [-0.3, -0.25) is 0 Å². The van der Waals surface area contributed by atoms with Gasteiger partial charge in [-0.1, -0.05) is 12.1 Å². The van der Waals surface area contributed by atoms with Crippen LogP contribution < -0.4 is 5.32 Å². The quantitative estimate of drug-likeness (QED) is 0.741. The van der Waals surface area contributed by atoms with Crippen molar-refractivity contribution in [3.05, 3.63) is 35.4 Å². The molecule has 7 nitrogen and oxygen atoms in total. The molecule has 2 bridgehead atoms. The average Bonchev–Trinajstić information content (AvgIpc) is 3.47. The number of hydrogen-bond donors (Lipinski definition) is 1. The van der Waals surface area contributed by atoms with E-state index in [-0.39, 0.29) is 23.0 Å². The van der Waals surface area contributed by atoms with Crippen molar-refractivity contribution in [3.63, 3.8) is 0 Å². The highest BCUT2D eigenvalue weighted by Crippen LogP contribution is 2.43. The van der Waals surface area contributed by atoms with Gasteiger partial charge in [0.2, 0.25) is 0 Å². The Balaban J connectivity index is 1.67. The summed E-state index contributed by atoms with van der Waals surface area (Å²) in [6.45, 7) is 0.686. The first-order chi connectivity index (χ1) is 13.8. The molecule has 156 valence electrons. The monoisotopic (exact) mass is 418 g/mol. The number of carbonyl (C=O) groups is 2. The number of fused-ring (bicyclic) bond motifs is 2. The second-order valence-electron chi connectivity index (χ2n) is 8.17. The second kappa shape index (κ2) is 7.48. The average molecular weight is 419 g/mol. The second-order valence-corrected chi connectivity index (χ2v) is 10.2. The number of hydrogen-bond acceptors (Lipinski definition) is 5. The minimum atomic E-state index is -3.29. The molecule has 2 fully saturated rings. The number of nitrogens with one attached hydrogen (secondary N) is 1. The van der Waals surface area contributed by atoms with E-state index in [1.54, 1.807) is 24.3 Å². The van der Waals surface area contributed by atoms with Gasteiger partial charge in [0, 0.05) is 18.8 Å². The van der Waals surface area contributed by atoms with Crippen LogP contribution in [0.5, 0.6) is 0 Å². The van der Waals surface area contributed by atoms with Crippen molar-refractivity contribution in [1.82, 2.24) is 10.2 Å². The molecule has 1 aromatic rings. The first kappa shape index (κ1) is 19.9. The highest BCUT2D eigenvalue weighted by atomic mass is 32.2. The zero-order valence-corrected chi connectivity index (χ0v) is 17.5. The number of ether oxygens (including phenoxy) is 1. The molecule has 0 unspecified atom stereocenters. The molecule has 3 aliphatic rings. The first-order valence-electron chi connectivity index (χ1n) is 9.97. The van der Waals surface area contributed by atoms with Crippen molar-refractivity contribution in [2.75, 3.05) is 19.9 Å². The summed E-state index contributed by atoms with van der Waals surface area (Å²) in [5.74, 6) is 0.151. The third kappa shape index (κ3) is 3.90. The molecule has 1 saturated carbocycles. The lowest BCUT2D eigenvalue weighted by Gasteiger charge is -2.37. The number of esters is 1. The summed E-state index contributed by atoms with van der Waals surface area (Å²) in [6.07, 6.45) is 5.59. The Bertz CT molecular complexity index is 963. The summed E-state index contributed by atoms with van der Waals surface area (Å²) < 4.78 is 28.6. The maximum atomic E-state index is 12.8. The molecule has 8 heteroatoms. The first-order valence-corrected chi connectivity index (χ1v) is 11.9. The molecule has 0 aromatic heterocycles. The number of methoxy groups -OCH3 is 1. The fraction of sp³-hybridized carbons (Fsp3) is 0.524. The summed E-state index contributed by atoms with van der Waals surface area (Å²) in [6, 6.07) is 6.18. The van der Waals surface area contributed by atoms with Crippen molar-refractivity contribution in [1.29, 1.82) is 0 Å². The lowest BCUT2D eigenvalue weighted by Crippen LogP contribution is -2.51. The number of benzene rings is 1. The third-order valence-electron chi connectivity index (χ3n) is 6.11. The van der Waals surface area contributed by atoms with E-state index in [0.29, 0.717) is 24.5 Å². The third-order valence-corrected chi connectivity index (χ3v) is 7.24. The molecule has 2 aliphatic heterocycles. The van der Waals surface area contributed by atoms with E-state index in [2.05, 4.69) is 5.32 Å². The predicted molar refractivity (Wildman–Crippen MR) is 108 cm³/mol. The lowest BCUT2D eigenvalue weighted by molar-refractivity contribution is -0.136. The maximum absolute atomic E-state index is 12.8. The smallest absolute Gasteiger partial charge is 0.336 e. The van der Waals surface area contributed by atoms with Crippen LogP contribution in [0, 0.1) is 5.92 Å². The Morgan fingerprint density at radius 2 is 1.83 bits per heavy atom. The maximum Gasteiger partial charge on any atom is 0.336 e. The number of rotatable bonds is 5. The Labute approximate surface area is 171 Å². The Morgan fingerprint density at radius 1 is 1.14 bits per heavy atom. The van der Waals surface area contributed by atoms with Crippen LogP contribution in [-0.4, -0.2) is 57.3 Å². The van der Waals surface area contributed by atoms with E-state index in [9.17, 15) is 18.0 Å². The zero-order chi connectivity index (χ0) is 20.8. The van der Waals surface area contributed by atoms with E-state index in [1.807, 2.05) is 4.90 Å². The molecule has 1 saturated heterocycles. The topological polar surface area (TPSA) is 92.8 Å². The molecule has 1 aliphatic carbocycles. The predicted octanol–water partition coefficient (Wildman–Crippen LogP) is 2.37. The summed E-state index contributed by atoms with van der Waals surface area (Å²) >= 11 is 0. The number of amides is 2. The fourth-order valence-electron chi connectivity index (χ4n) is 4.41. The normalized spacial score (nSPS) is 23.9. The molecule has 0 radical (unpaired) electrons. The number of urea groups is 1. The fourth-order valence-corrected chi connectivity index (χ4v) is 5.04. The van der Waals surface area contributed by atoms with E-state index < -0.39 is 15.8 Å². The summed E-state index contributed by atoms with van der Waals surface area (Å²) in [5, 5.41) is 3.02. The molecular weight excluding hydrogens is 392 g/mol. The summed E-state index contributed by atoms with van der Waals surface area (Å²) in [4.78, 5) is 27.5. The molecule has 2 atom stereocenters. The standard InChI is InChI=1S/C21H26N2O5S/c1-28-20(24)19-17(14-5-8-16(9-6-14)29(2,26)27)11-15-7-10-18(19)23(15)21(25)22-12-13-3-4-13/h5-6,8-9,13,15,18H,3-4,7,10-12H2,1-2H3,(H,22,25)/t15-,18+/m0/s1. The minimum absolute atomic E-state index is 0.0252. The van der Waals surface area contributed by atoms with Gasteiger partial charge >= 0.3 is 12.0 Å². The van der Waals surface area contributed by atoms with Gasteiger partial charge in [0.05, 0.1) is 23.6 Å². The van der Waals surface area contributed by atoms with Crippen LogP contribution in [-0.2, 0) is 19.4 Å². The Morgan fingerprint density at radius 3 is 2.41 bits per heavy atom. The SMILES string of the molecule is COC(=O)C1=C(c2ccc(S(C)(=O)=O)cc2)C[C@@H]2CC[C@H]1N2C(=O)NCC1CC1. The Kier molecular flexibility index (Phi) is 5.14. The van der Waals surface area contributed by atoms with Gasteiger partial charge in [-0.15, -0.1) is 0 Å². The molecule has 2 amide bonds. The minimum Gasteiger partial charge on any atom is -0.466 e. The van der Waals surface area contributed by atoms with E-state index in [0.717, 1.165) is 36.8 Å². The number of sulfone groups is 1. The van der Waals surface area contributed by atoms with Crippen molar-refractivity contribution >= 4 is 27.4 Å². The van der Waals surface area contributed by atoms with Crippen LogP contribution in [0.2, 0.25) is 0 Å². The largest absolute Gasteiger partial charge is 0.466 e. The molecule has 4 rings (SSSR count). The summed E-state index contributed by atoms with van der Waals surface area (Å²) in [5.41, 5.74) is 2.15. The Hall–Kier alpha value is -2.35. The van der Waals surface area contributed by atoms with Crippen molar-refractivity contribution in [2.24, 2.45) is 5.92 Å². The van der Waals surface area contributed by atoms with Crippen molar-refractivity contribution in [2.45, 2.75) is 49.1 Å². The molecule has 0 spiro atoms.